The zero-order chi connectivity index (χ0) is 16.3. The zero-order valence-electron chi connectivity index (χ0n) is 12.5. The van der Waals surface area contributed by atoms with E-state index in [9.17, 15) is 18.0 Å². The minimum Gasteiger partial charge on any atom is -0.493 e. The topological polar surface area (TPSA) is 41.6 Å². The first-order valence-electron chi connectivity index (χ1n) is 7.13. The maximum absolute atomic E-state index is 13.3. The lowest BCUT2D eigenvalue weighted by atomic mass is 10.1. The second kappa shape index (κ2) is 6.56. The number of hydrazine groups is 1. The Labute approximate surface area is 127 Å². The van der Waals surface area contributed by atoms with Crippen molar-refractivity contribution in [3.8, 4) is 5.75 Å². The second-order valence-electron chi connectivity index (χ2n) is 5.70. The van der Waals surface area contributed by atoms with Gasteiger partial charge in [0.15, 0.2) is 0 Å². The molecular formula is C15H19F3N2O2. The highest BCUT2D eigenvalue weighted by atomic mass is 19.4. The van der Waals surface area contributed by atoms with Crippen LogP contribution in [0.25, 0.3) is 0 Å². The van der Waals surface area contributed by atoms with Gasteiger partial charge in [-0.3, -0.25) is 10.2 Å². The van der Waals surface area contributed by atoms with E-state index < -0.39 is 18.1 Å². The number of benzene rings is 1. The molecule has 122 valence electrons. The number of ether oxygens (including phenoxy) is 1. The van der Waals surface area contributed by atoms with E-state index in [1.807, 2.05) is 13.8 Å². The smallest absolute Gasteiger partial charge is 0.409 e. The normalized spacial score (nSPS) is 17.6. The first kappa shape index (κ1) is 16.6. The van der Waals surface area contributed by atoms with E-state index in [2.05, 4.69) is 5.43 Å². The van der Waals surface area contributed by atoms with Crippen LogP contribution in [-0.4, -0.2) is 30.2 Å². The summed E-state index contributed by atoms with van der Waals surface area (Å²) >= 11 is 0. The number of nitrogens with zero attached hydrogens (tertiary/aromatic N) is 1. The third-order valence-electron chi connectivity index (χ3n) is 3.25. The van der Waals surface area contributed by atoms with Gasteiger partial charge in [0.1, 0.15) is 11.8 Å². The number of hydrogen-bond acceptors (Lipinski definition) is 3. The van der Waals surface area contributed by atoms with E-state index >= 15 is 0 Å². The molecule has 1 aliphatic heterocycles. The Morgan fingerprint density at radius 2 is 1.91 bits per heavy atom. The lowest BCUT2D eigenvalue weighted by molar-refractivity contribution is -0.191. The van der Waals surface area contributed by atoms with Gasteiger partial charge in [0, 0.05) is 13.0 Å². The molecule has 4 nitrogen and oxygen atoms in total. The lowest BCUT2D eigenvalue weighted by Gasteiger charge is -2.29. The minimum atomic E-state index is -4.47. The van der Waals surface area contributed by atoms with Crippen molar-refractivity contribution in [2.24, 2.45) is 5.92 Å². The van der Waals surface area contributed by atoms with Crippen LogP contribution in [0.3, 0.4) is 0 Å². The predicted molar refractivity (Wildman–Crippen MR) is 75.0 cm³/mol. The lowest BCUT2D eigenvalue weighted by Crippen LogP contribution is -2.43. The molecule has 1 unspecified atom stereocenters. The Morgan fingerprint density at radius 3 is 2.36 bits per heavy atom. The van der Waals surface area contributed by atoms with Crippen LogP contribution in [0.1, 0.15) is 31.9 Å². The molecule has 1 amide bonds. The molecule has 0 bridgehead atoms. The van der Waals surface area contributed by atoms with Crippen molar-refractivity contribution >= 4 is 5.91 Å². The van der Waals surface area contributed by atoms with Crippen molar-refractivity contribution in [1.29, 1.82) is 0 Å². The molecule has 1 aromatic carbocycles. The third-order valence-corrected chi connectivity index (χ3v) is 3.25. The van der Waals surface area contributed by atoms with Gasteiger partial charge < -0.3 is 4.74 Å². The molecule has 0 aliphatic carbocycles. The first-order valence-corrected chi connectivity index (χ1v) is 7.13. The number of alkyl halides is 3. The minimum absolute atomic E-state index is 0.0363. The number of rotatable bonds is 5. The number of hydrogen-bond donors (Lipinski definition) is 1. The van der Waals surface area contributed by atoms with Crippen LogP contribution in [0.4, 0.5) is 13.2 Å². The molecule has 1 atom stereocenters. The van der Waals surface area contributed by atoms with Gasteiger partial charge in [-0.25, -0.2) is 5.01 Å². The van der Waals surface area contributed by atoms with Crippen LogP contribution in [0.2, 0.25) is 0 Å². The van der Waals surface area contributed by atoms with Crippen molar-refractivity contribution in [2.75, 3.05) is 13.2 Å². The number of amides is 1. The number of nitrogens with one attached hydrogen (secondary N) is 1. The van der Waals surface area contributed by atoms with E-state index in [0.29, 0.717) is 18.3 Å². The molecule has 7 heteroatoms. The molecule has 0 saturated carbocycles. The Hall–Kier alpha value is -1.76. The van der Waals surface area contributed by atoms with Crippen LogP contribution >= 0.6 is 0 Å². The summed E-state index contributed by atoms with van der Waals surface area (Å²) in [5, 5.41) is 0.937. The van der Waals surface area contributed by atoms with Gasteiger partial charge in [0.25, 0.3) is 0 Å². The van der Waals surface area contributed by atoms with Crippen molar-refractivity contribution in [3.05, 3.63) is 29.8 Å². The van der Waals surface area contributed by atoms with Gasteiger partial charge >= 0.3 is 6.18 Å². The summed E-state index contributed by atoms with van der Waals surface area (Å²) in [6.45, 7) is 4.52. The van der Waals surface area contributed by atoms with Crippen LogP contribution in [0.15, 0.2) is 24.3 Å². The monoisotopic (exact) mass is 316 g/mol. The summed E-state index contributed by atoms with van der Waals surface area (Å²) in [5.74, 6) is 0.470. The summed E-state index contributed by atoms with van der Waals surface area (Å²) in [6, 6.07) is 3.97. The number of carbonyl (C=O) groups is 1. The molecule has 2 rings (SSSR count). The van der Waals surface area contributed by atoms with Gasteiger partial charge in [0.2, 0.25) is 5.91 Å². The average Bonchev–Trinajstić information content (AvgIpc) is 2.82. The second-order valence-corrected chi connectivity index (χ2v) is 5.70. The number of carbonyl (C=O) groups excluding carboxylic acids is 1. The standard InChI is InChI=1S/C15H19F3N2O2/c1-10(2)9-22-12-5-3-11(4-6-12)14(15(16,17)18)20-8-7-13(21)19-20/h3-6,10,14H,7-9H2,1-2H3,(H,19,21). The van der Waals surface area contributed by atoms with Crippen molar-refractivity contribution < 1.29 is 22.7 Å². The number of halogens is 3. The Bertz CT molecular complexity index is 515. The summed E-state index contributed by atoms with van der Waals surface area (Å²) in [6.07, 6.45) is -4.40. The SMILES string of the molecule is CC(C)COc1ccc(C(N2CCC(=O)N2)C(F)(F)F)cc1. The first-order chi connectivity index (χ1) is 10.3. The van der Waals surface area contributed by atoms with Crippen LogP contribution < -0.4 is 10.2 Å². The van der Waals surface area contributed by atoms with E-state index in [0.717, 1.165) is 5.01 Å². The van der Waals surface area contributed by atoms with Crippen molar-refractivity contribution in [2.45, 2.75) is 32.5 Å². The zero-order valence-corrected chi connectivity index (χ0v) is 12.5. The Kier molecular flexibility index (Phi) is 4.95. The highest BCUT2D eigenvalue weighted by Gasteiger charge is 2.46. The molecule has 1 N–H and O–H groups in total. The molecule has 0 radical (unpaired) electrons. The van der Waals surface area contributed by atoms with Gasteiger partial charge in [0.05, 0.1) is 6.61 Å². The molecule has 22 heavy (non-hydrogen) atoms. The quantitative estimate of drug-likeness (QED) is 0.908. The van der Waals surface area contributed by atoms with E-state index in [-0.39, 0.29) is 18.5 Å². The van der Waals surface area contributed by atoms with Crippen molar-refractivity contribution in [3.63, 3.8) is 0 Å². The molecule has 1 fully saturated rings. The highest BCUT2D eigenvalue weighted by Crippen LogP contribution is 2.38. The average molecular weight is 316 g/mol. The highest BCUT2D eigenvalue weighted by molar-refractivity contribution is 5.77. The molecule has 1 saturated heterocycles. The van der Waals surface area contributed by atoms with E-state index in [1.54, 1.807) is 0 Å². The summed E-state index contributed by atoms with van der Waals surface area (Å²) in [5.41, 5.74) is 2.33. The fourth-order valence-corrected chi connectivity index (χ4v) is 2.24. The largest absolute Gasteiger partial charge is 0.493 e. The fraction of sp³-hybridized carbons (Fsp3) is 0.533. The van der Waals surface area contributed by atoms with Crippen LogP contribution in [-0.2, 0) is 4.79 Å². The van der Waals surface area contributed by atoms with Crippen LogP contribution in [0, 0.1) is 5.92 Å². The summed E-state index contributed by atoms with van der Waals surface area (Å²) in [4.78, 5) is 11.2. The third kappa shape index (κ3) is 4.13. The molecule has 1 heterocycles. The molecule has 1 aromatic rings. The van der Waals surface area contributed by atoms with Gasteiger partial charge in [-0.2, -0.15) is 13.2 Å². The Balaban J connectivity index is 2.16. The van der Waals surface area contributed by atoms with E-state index in [4.69, 9.17) is 4.74 Å². The van der Waals surface area contributed by atoms with Crippen LogP contribution in [0.5, 0.6) is 5.75 Å². The van der Waals surface area contributed by atoms with Gasteiger partial charge in [-0.1, -0.05) is 26.0 Å². The molecule has 0 spiro atoms. The van der Waals surface area contributed by atoms with Crippen molar-refractivity contribution in [1.82, 2.24) is 10.4 Å². The molecular weight excluding hydrogens is 297 g/mol. The summed E-state index contributed by atoms with van der Waals surface area (Å²) < 4.78 is 45.4. The maximum atomic E-state index is 13.3. The van der Waals surface area contributed by atoms with Gasteiger partial charge in [-0.15, -0.1) is 0 Å². The fourth-order valence-electron chi connectivity index (χ4n) is 2.24. The van der Waals surface area contributed by atoms with Gasteiger partial charge in [-0.05, 0) is 23.6 Å². The summed E-state index contributed by atoms with van der Waals surface area (Å²) in [7, 11) is 0. The molecule has 0 aromatic heterocycles. The predicted octanol–water partition coefficient (Wildman–Crippen LogP) is 3.06. The maximum Gasteiger partial charge on any atom is 0.409 e. The van der Waals surface area contributed by atoms with E-state index in [1.165, 1.54) is 24.3 Å². The molecule has 1 aliphatic rings. The Morgan fingerprint density at radius 1 is 1.27 bits per heavy atom.